The molecule has 0 aliphatic heterocycles. The number of ether oxygens (including phenoxy) is 3. The van der Waals surface area contributed by atoms with E-state index in [0.717, 1.165) is 16.9 Å². The Hall–Kier alpha value is -4.52. The molecular weight excluding hydrogens is 416 g/mol. The summed E-state index contributed by atoms with van der Waals surface area (Å²) in [5.41, 5.74) is 15.9. The van der Waals surface area contributed by atoms with Crippen LogP contribution in [0.4, 0.5) is 5.69 Å². The number of anilines is 1. The number of hydrogen-bond donors (Lipinski definition) is 3. The average molecular weight is 441 g/mol. The van der Waals surface area contributed by atoms with Crippen LogP contribution in [0.5, 0.6) is 23.0 Å². The molecular formula is C26H24N4O3. The Labute approximate surface area is 192 Å². The number of nitrogens with zero attached hydrogens (tertiary/aromatic N) is 1. The van der Waals surface area contributed by atoms with Crippen LogP contribution in [0.2, 0.25) is 0 Å². The van der Waals surface area contributed by atoms with Gasteiger partial charge < -0.3 is 25.7 Å². The van der Waals surface area contributed by atoms with Crippen molar-refractivity contribution < 1.29 is 14.2 Å². The number of rotatable bonds is 7. The fourth-order valence-corrected chi connectivity index (χ4v) is 3.58. The summed E-state index contributed by atoms with van der Waals surface area (Å²) < 4.78 is 16.6. The summed E-state index contributed by atoms with van der Waals surface area (Å²) in [4.78, 5) is 4.58. The highest BCUT2D eigenvalue weighted by atomic mass is 16.5. The molecule has 0 saturated carbocycles. The molecule has 3 aromatic carbocycles. The lowest BCUT2D eigenvalue weighted by atomic mass is 9.96. The Balaban J connectivity index is 1.72. The minimum absolute atomic E-state index is 0.142. The first kappa shape index (κ1) is 21.7. The molecule has 0 saturated heterocycles. The Kier molecular flexibility index (Phi) is 6.13. The quantitative estimate of drug-likeness (QED) is 0.272. The molecule has 0 radical (unpaired) electrons. The highest BCUT2D eigenvalue weighted by Gasteiger charge is 2.18. The van der Waals surface area contributed by atoms with Crippen molar-refractivity contribution in [3.05, 3.63) is 84.6 Å². The lowest BCUT2D eigenvalue weighted by Gasteiger charge is -2.16. The highest BCUT2D eigenvalue weighted by molar-refractivity contribution is 6.08. The van der Waals surface area contributed by atoms with E-state index in [1.807, 2.05) is 60.7 Å². The maximum Gasteiger partial charge on any atom is 0.161 e. The topological polar surface area (TPSA) is 116 Å². The van der Waals surface area contributed by atoms with Crippen LogP contribution in [0, 0.1) is 5.41 Å². The van der Waals surface area contributed by atoms with E-state index in [-0.39, 0.29) is 5.84 Å². The summed E-state index contributed by atoms with van der Waals surface area (Å²) >= 11 is 0. The van der Waals surface area contributed by atoms with Crippen molar-refractivity contribution in [3.8, 4) is 45.4 Å². The largest absolute Gasteiger partial charge is 0.493 e. The van der Waals surface area contributed by atoms with Gasteiger partial charge in [0.2, 0.25) is 0 Å². The van der Waals surface area contributed by atoms with E-state index in [2.05, 4.69) is 4.98 Å². The first-order valence-electron chi connectivity index (χ1n) is 10.2. The SMILES string of the molecule is COc1ccc(-c2ncc(-c3ccc(Oc4ccccc4)cc3)c(C(=N)N)c2N)cc1OC. The number of aromatic nitrogens is 1. The smallest absolute Gasteiger partial charge is 0.161 e. The van der Waals surface area contributed by atoms with Crippen LogP contribution in [-0.2, 0) is 0 Å². The molecule has 166 valence electrons. The number of hydrogen-bond acceptors (Lipinski definition) is 6. The molecule has 7 nitrogen and oxygen atoms in total. The van der Waals surface area contributed by atoms with Crippen molar-refractivity contribution in [2.45, 2.75) is 0 Å². The first-order valence-corrected chi connectivity index (χ1v) is 10.2. The van der Waals surface area contributed by atoms with Gasteiger partial charge in [0.25, 0.3) is 0 Å². The van der Waals surface area contributed by atoms with Crippen molar-refractivity contribution in [1.29, 1.82) is 5.41 Å². The second kappa shape index (κ2) is 9.32. The second-order valence-corrected chi connectivity index (χ2v) is 7.23. The summed E-state index contributed by atoms with van der Waals surface area (Å²) in [5, 5.41) is 8.16. The molecule has 0 amide bonds. The minimum Gasteiger partial charge on any atom is -0.493 e. The third kappa shape index (κ3) is 4.43. The molecule has 4 aromatic rings. The van der Waals surface area contributed by atoms with Gasteiger partial charge in [0, 0.05) is 17.3 Å². The zero-order valence-electron chi connectivity index (χ0n) is 18.3. The van der Waals surface area contributed by atoms with Crippen LogP contribution in [0.1, 0.15) is 5.56 Å². The van der Waals surface area contributed by atoms with Gasteiger partial charge in [-0.1, -0.05) is 30.3 Å². The minimum atomic E-state index is -0.142. The van der Waals surface area contributed by atoms with Gasteiger partial charge in [-0.2, -0.15) is 0 Å². The highest BCUT2D eigenvalue weighted by Crippen LogP contribution is 2.37. The molecule has 0 atom stereocenters. The maximum atomic E-state index is 8.16. The molecule has 1 aromatic heterocycles. The van der Waals surface area contributed by atoms with Crippen LogP contribution in [0.25, 0.3) is 22.4 Å². The molecule has 1 heterocycles. The van der Waals surface area contributed by atoms with Crippen molar-refractivity contribution in [2.24, 2.45) is 5.73 Å². The fourth-order valence-electron chi connectivity index (χ4n) is 3.58. The summed E-state index contributed by atoms with van der Waals surface area (Å²) in [6, 6.07) is 22.4. The molecule has 0 unspecified atom stereocenters. The summed E-state index contributed by atoms with van der Waals surface area (Å²) in [5.74, 6) is 2.45. The van der Waals surface area contributed by atoms with E-state index in [1.165, 1.54) is 0 Å². The summed E-state index contributed by atoms with van der Waals surface area (Å²) in [7, 11) is 3.14. The number of methoxy groups -OCH3 is 2. The normalized spacial score (nSPS) is 10.5. The van der Waals surface area contributed by atoms with E-state index >= 15 is 0 Å². The van der Waals surface area contributed by atoms with Crippen LogP contribution in [0.3, 0.4) is 0 Å². The van der Waals surface area contributed by atoms with E-state index < -0.39 is 0 Å². The fraction of sp³-hybridized carbons (Fsp3) is 0.0769. The number of benzene rings is 3. The predicted octanol–water partition coefficient (Wildman–Crippen LogP) is 5.09. The van der Waals surface area contributed by atoms with E-state index in [1.54, 1.807) is 32.5 Å². The molecule has 0 aliphatic rings. The second-order valence-electron chi connectivity index (χ2n) is 7.23. The maximum absolute atomic E-state index is 8.16. The first-order chi connectivity index (χ1) is 16.0. The zero-order valence-corrected chi connectivity index (χ0v) is 18.3. The molecule has 5 N–H and O–H groups in total. The van der Waals surface area contributed by atoms with E-state index in [9.17, 15) is 0 Å². The van der Waals surface area contributed by atoms with Crippen molar-refractivity contribution in [3.63, 3.8) is 0 Å². The van der Waals surface area contributed by atoms with Gasteiger partial charge in [0.15, 0.2) is 11.5 Å². The van der Waals surface area contributed by atoms with Crippen LogP contribution < -0.4 is 25.7 Å². The van der Waals surface area contributed by atoms with Gasteiger partial charge in [-0.3, -0.25) is 10.4 Å². The summed E-state index contributed by atoms with van der Waals surface area (Å²) in [6.45, 7) is 0. The van der Waals surface area contributed by atoms with Crippen molar-refractivity contribution in [2.75, 3.05) is 20.0 Å². The predicted molar refractivity (Wildman–Crippen MR) is 130 cm³/mol. The van der Waals surface area contributed by atoms with Crippen molar-refractivity contribution >= 4 is 11.5 Å². The number of nitrogens with one attached hydrogen (secondary N) is 1. The average Bonchev–Trinajstić information content (AvgIpc) is 2.84. The van der Waals surface area contributed by atoms with Gasteiger partial charge in [0.05, 0.1) is 31.2 Å². The molecule has 7 heteroatoms. The van der Waals surface area contributed by atoms with Gasteiger partial charge in [0.1, 0.15) is 17.3 Å². The molecule has 0 fully saturated rings. The number of amidine groups is 1. The van der Waals surface area contributed by atoms with Gasteiger partial charge in [-0.25, -0.2) is 0 Å². The zero-order chi connectivity index (χ0) is 23.4. The molecule has 33 heavy (non-hydrogen) atoms. The van der Waals surface area contributed by atoms with Gasteiger partial charge >= 0.3 is 0 Å². The van der Waals surface area contributed by atoms with Gasteiger partial charge in [-0.15, -0.1) is 0 Å². The number of nitrogen functional groups attached to an aromatic ring is 2. The third-order valence-corrected chi connectivity index (χ3v) is 5.19. The monoisotopic (exact) mass is 440 g/mol. The van der Waals surface area contributed by atoms with E-state index in [4.69, 9.17) is 31.1 Å². The van der Waals surface area contributed by atoms with Crippen molar-refractivity contribution in [1.82, 2.24) is 4.98 Å². The Morgan fingerprint density at radius 3 is 2.09 bits per heavy atom. The lowest BCUT2D eigenvalue weighted by molar-refractivity contribution is 0.355. The Morgan fingerprint density at radius 2 is 1.45 bits per heavy atom. The van der Waals surface area contributed by atoms with Crippen LogP contribution >= 0.6 is 0 Å². The van der Waals surface area contributed by atoms with Gasteiger partial charge in [-0.05, 0) is 48.0 Å². The number of pyridine rings is 1. The van der Waals surface area contributed by atoms with Crippen LogP contribution in [-0.4, -0.2) is 25.0 Å². The van der Waals surface area contributed by atoms with Crippen LogP contribution in [0.15, 0.2) is 79.0 Å². The standard InChI is InChI=1S/C26H24N4O3/c1-31-21-13-10-17(14-22(21)32-2)25-24(27)23(26(28)29)20(15-30-25)16-8-11-19(12-9-16)33-18-6-4-3-5-7-18/h3-15H,27H2,1-2H3,(H3,28,29). The Bertz CT molecular complexity index is 1290. The summed E-state index contributed by atoms with van der Waals surface area (Å²) in [6.07, 6.45) is 1.67. The van der Waals surface area contributed by atoms with E-state index in [0.29, 0.717) is 39.8 Å². The molecule has 0 spiro atoms. The Morgan fingerprint density at radius 1 is 0.818 bits per heavy atom. The number of nitrogens with two attached hydrogens (primary N) is 2. The molecule has 4 rings (SSSR count). The molecule has 0 bridgehead atoms. The number of para-hydroxylation sites is 1. The third-order valence-electron chi connectivity index (χ3n) is 5.19. The molecule has 0 aliphatic carbocycles. The lowest BCUT2D eigenvalue weighted by Crippen LogP contribution is -2.16.